The van der Waals surface area contributed by atoms with E-state index in [-0.39, 0.29) is 11.5 Å². The normalized spacial score (nSPS) is 13.9. The van der Waals surface area contributed by atoms with E-state index in [9.17, 15) is 4.79 Å². The summed E-state index contributed by atoms with van der Waals surface area (Å²) in [5.41, 5.74) is 0.115. The Kier molecular flexibility index (Phi) is 4.99. The van der Waals surface area contributed by atoms with Gasteiger partial charge in [0.25, 0.3) is 0 Å². The fraction of sp³-hybridized carbons (Fsp3) is 0.900. The lowest BCUT2D eigenvalue weighted by molar-refractivity contribution is -0.141. The van der Waals surface area contributed by atoms with Gasteiger partial charge in [0.15, 0.2) is 0 Å². The van der Waals surface area contributed by atoms with Gasteiger partial charge in [-0.05, 0) is 33.2 Å². The molecule has 0 amide bonds. The summed E-state index contributed by atoms with van der Waals surface area (Å²) in [4.78, 5) is 10.9. The molecule has 0 rings (SSSR count). The average molecular weight is 187 g/mol. The van der Waals surface area contributed by atoms with Gasteiger partial charge in [0.1, 0.15) is 0 Å². The van der Waals surface area contributed by atoms with Crippen molar-refractivity contribution in [2.75, 3.05) is 13.7 Å². The maximum Gasteiger partial charge on any atom is 0.305 e. The Bertz CT molecular complexity index is 161. The van der Waals surface area contributed by atoms with Crippen LogP contribution in [0.15, 0.2) is 0 Å². The van der Waals surface area contributed by atoms with Crippen LogP contribution in [-0.2, 0) is 9.53 Å². The van der Waals surface area contributed by atoms with Gasteiger partial charge < -0.3 is 10.1 Å². The van der Waals surface area contributed by atoms with Crippen LogP contribution in [0, 0.1) is 5.92 Å². The number of carbonyl (C=O) groups is 1. The summed E-state index contributed by atoms with van der Waals surface area (Å²) in [5, 5.41) is 3.34. The third kappa shape index (κ3) is 7.78. The highest BCUT2D eigenvalue weighted by atomic mass is 16.5. The molecule has 0 aliphatic carbocycles. The highest BCUT2D eigenvalue weighted by Crippen LogP contribution is 2.05. The average Bonchev–Trinajstić information content (AvgIpc) is 1.99. The first-order valence-electron chi connectivity index (χ1n) is 4.67. The van der Waals surface area contributed by atoms with Gasteiger partial charge in [-0.2, -0.15) is 0 Å². The van der Waals surface area contributed by atoms with E-state index in [0.29, 0.717) is 12.3 Å². The van der Waals surface area contributed by atoms with Crippen LogP contribution in [0.3, 0.4) is 0 Å². The zero-order chi connectivity index (χ0) is 10.5. The first-order valence-corrected chi connectivity index (χ1v) is 4.67. The fourth-order valence-electron chi connectivity index (χ4n) is 0.920. The molecule has 1 unspecified atom stereocenters. The molecule has 78 valence electrons. The lowest BCUT2D eigenvalue weighted by atomic mass is 10.0. The number of hydrogen-bond acceptors (Lipinski definition) is 3. The number of nitrogens with one attached hydrogen (secondary N) is 1. The Hall–Kier alpha value is -0.570. The van der Waals surface area contributed by atoms with E-state index in [0.717, 1.165) is 6.54 Å². The van der Waals surface area contributed by atoms with Crippen LogP contribution in [0.4, 0.5) is 0 Å². The summed E-state index contributed by atoms with van der Waals surface area (Å²) < 4.78 is 4.59. The van der Waals surface area contributed by atoms with E-state index in [4.69, 9.17) is 0 Å². The smallest absolute Gasteiger partial charge is 0.305 e. The third-order valence-corrected chi connectivity index (χ3v) is 1.72. The van der Waals surface area contributed by atoms with Crippen LogP contribution in [0.2, 0.25) is 0 Å². The van der Waals surface area contributed by atoms with Gasteiger partial charge in [0.2, 0.25) is 0 Å². The summed E-state index contributed by atoms with van der Waals surface area (Å²) in [6.07, 6.45) is 0.486. The number of methoxy groups -OCH3 is 1. The number of hydrogen-bond donors (Lipinski definition) is 1. The van der Waals surface area contributed by atoms with Gasteiger partial charge in [-0.3, -0.25) is 4.79 Å². The number of esters is 1. The molecular formula is C10H21NO2. The van der Waals surface area contributed by atoms with Gasteiger partial charge in [-0.15, -0.1) is 0 Å². The Balaban J connectivity index is 3.63. The summed E-state index contributed by atoms with van der Waals surface area (Å²) in [5.74, 6) is 0.190. The SMILES string of the molecule is COC(=O)CC(C)CNC(C)(C)C. The van der Waals surface area contributed by atoms with E-state index in [2.05, 4.69) is 30.8 Å². The molecule has 0 radical (unpaired) electrons. The predicted molar refractivity (Wildman–Crippen MR) is 53.6 cm³/mol. The van der Waals surface area contributed by atoms with Gasteiger partial charge in [0, 0.05) is 12.0 Å². The van der Waals surface area contributed by atoms with Crippen LogP contribution in [0.25, 0.3) is 0 Å². The first kappa shape index (κ1) is 12.4. The predicted octanol–water partition coefficient (Wildman–Crippen LogP) is 1.57. The van der Waals surface area contributed by atoms with Gasteiger partial charge in [-0.25, -0.2) is 0 Å². The first-order chi connectivity index (χ1) is 5.85. The maximum absolute atomic E-state index is 10.9. The standard InChI is InChI=1S/C10H21NO2/c1-8(6-9(12)13-5)7-11-10(2,3)4/h8,11H,6-7H2,1-5H3. The van der Waals surface area contributed by atoms with Gasteiger partial charge >= 0.3 is 5.97 Å². The van der Waals surface area contributed by atoms with Crippen LogP contribution >= 0.6 is 0 Å². The molecule has 0 heterocycles. The van der Waals surface area contributed by atoms with E-state index in [1.54, 1.807) is 0 Å². The minimum absolute atomic E-state index is 0.115. The molecule has 3 nitrogen and oxygen atoms in total. The second-order valence-corrected chi connectivity index (χ2v) is 4.52. The van der Waals surface area contributed by atoms with E-state index in [1.807, 2.05) is 6.92 Å². The van der Waals surface area contributed by atoms with E-state index >= 15 is 0 Å². The minimum atomic E-state index is -0.136. The molecule has 0 aliphatic rings. The monoisotopic (exact) mass is 187 g/mol. The Morgan fingerprint density at radius 1 is 1.46 bits per heavy atom. The summed E-state index contributed by atoms with van der Waals surface area (Å²) in [7, 11) is 1.42. The van der Waals surface area contributed by atoms with Crippen molar-refractivity contribution in [3.05, 3.63) is 0 Å². The Labute approximate surface area is 80.8 Å². The van der Waals surface area contributed by atoms with Crippen LogP contribution in [0.1, 0.15) is 34.1 Å². The molecule has 0 saturated carbocycles. The molecule has 0 fully saturated rings. The summed E-state index contributed by atoms with van der Waals surface area (Å²) in [6.45, 7) is 9.21. The van der Waals surface area contributed by atoms with Crippen molar-refractivity contribution >= 4 is 5.97 Å². The van der Waals surface area contributed by atoms with Crippen molar-refractivity contribution in [2.24, 2.45) is 5.92 Å². The molecule has 0 bridgehead atoms. The molecule has 1 N–H and O–H groups in total. The van der Waals surface area contributed by atoms with Crippen molar-refractivity contribution in [1.82, 2.24) is 5.32 Å². The molecule has 0 aliphatic heterocycles. The number of rotatable bonds is 4. The summed E-state index contributed by atoms with van der Waals surface area (Å²) >= 11 is 0. The largest absolute Gasteiger partial charge is 0.469 e. The molecule has 1 atom stereocenters. The van der Waals surface area contributed by atoms with E-state index in [1.165, 1.54) is 7.11 Å². The molecule has 0 saturated heterocycles. The highest BCUT2D eigenvalue weighted by molar-refractivity contribution is 5.69. The summed E-state index contributed by atoms with van der Waals surface area (Å²) in [6, 6.07) is 0. The zero-order valence-corrected chi connectivity index (χ0v) is 9.31. The zero-order valence-electron chi connectivity index (χ0n) is 9.31. The molecule has 13 heavy (non-hydrogen) atoms. The van der Waals surface area contributed by atoms with Gasteiger partial charge in [-0.1, -0.05) is 6.92 Å². The number of carbonyl (C=O) groups excluding carboxylic acids is 1. The van der Waals surface area contributed by atoms with Crippen molar-refractivity contribution < 1.29 is 9.53 Å². The molecule has 0 spiro atoms. The van der Waals surface area contributed by atoms with Crippen LogP contribution in [0.5, 0.6) is 0 Å². The molecule has 0 aromatic rings. The molecule has 3 heteroatoms. The van der Waals surface area contributed by atoms with Crippen LogP contribution < -0.4 is 5.32 Å². The topological polar surface area (TPSA) is 38.3 Å². The lowest BCUT2D eigenvalue weighted by Crippen LogP contribution is -2.39. The molecular weight excluding hydrogens is 166 g/mol. The molecule has 0 aromatic heterocycles. The van der Waals surface area contributed by atoms with Crippen molar-refractivity contribution in [1.29, 1.82) is 0 Å². The minimum Gasteiger partial charge on any atom is -0.469 e. The fourth-order valence-corrected chi connectivity index (χ4v) is 0.920. The van der Waals surface area contributed by atoms with Crippen molar-refractivity contribution in [2.45, 2.75) is 39.7 Å². The number of ether oxygens (including phenoxy) is 1. The Morgan fingerprint density at radius 3 is 2.38 bits per heavy atom. The molecule has 0 aromatic carbocycles. The lowest BCUT2D eigenvalue weighted by Gasteiger charge is -2.22. The Morgan fingerprint density at radius 2 is 2.00 bits per heavy atom. The van der Waals surface area contributed by atoms with E-state index < -0.39 is 0 Å². The third-order valence-electron chi connectivity index (χ3n) is 1.72. The maximum atomic E-state index is 10.9. The second kappa shape index (κ2) is 5.22. The highest BCUT2D eigenvalue weighted by Gasteiger charge is 2.13. The van der Waals surface area contributed by atoms with Crippen molar-refractivity contribution in [3.8, 4) is 0 Å². The van der Waals surface area contributed by atoms with Crippen LogP contribution in [-0.4, -0.2) is 25.2 Å². The second-order valence-electron chi connectivity index (χ2n) is 4.52. The van der Waals surface area contributed by atoms with Crippen molar-refractivity contribution in [3.63, 3.8) is 0 Å². The van der Waals surface area contributed by atoms with Gasteiger partial charge in [0.05, 0.1) is 7.11 Å². The quantitative estimate of drug-likeness (QED) is 0.679.